The van der Waals surface area contributed by atoms with Crippen LogP contribution in [0, 0.1) is 25.2 Å². The van der Waals surface area contributed by atoms with Crippen LogP contribution in [0.2, 0.25) is 10.0 Å². The average molecular weight is 575 g/mol. The van der Waals surface area contributed by atoms with Crippen LogP contribution in [-0.2, 0) is 11.4 Å². The highest BCUT2D eigenvalue weighted by Gasteiger charge is 2.41. The van der Waals surface area contributed by atoms with Crippen molar-refractivity contribution in [3.63, 3.8) is 0 Å². The molecule has 0 spiro atoms. The molecule has 1 aliphatic heterocycles. The van der Waals surface area contributed by atoms with Crippen LogP contribution >= 0.6 is 23.2 Å². The van der Waals surface area contributed by atoms with Gasteiger partial charge in [0.2, 0.25) is 0 Å². The van der Waals surface area contributed by atoms with E-state index >= 15 is 0 Å². The lowest BCUT2D eigenvalue weighted by Crippen LogP contribution is -2.39. The number of aryl methyl sites for hydroxylation is 2. The first kappa shape index (κ1) is 27.6. The second-order valence-corrected chi connectivity index (χ2v) is 10.8. The van der Waals surface area contributed by atoms with Gasteiger partial charge in [-0.2, -0.15) is 5.26 Å². The van der Waals surface area contributed by atoms with Crippen LogP contribution in [-0.4, -0.2) is 12.9 Å². The summed E-state index contributed by atoms with van der Waals surface area (Å²) >= 11 is 12.5. The monoisotopic (exact) mass is 573 g/mol. The van der Waals surface area contributed by atoms with Crippen LogP contribution in [0.3, 0.4) is 0 Å². The Morgan fingerprint density at radius 3 is 2.40 bits per heavy atom. The maximum absolute atomic E-state index is 13.6. The molecule has 2 aliphatic rings. The number of hydrogen-bond donors (Lipinski definition) is 1. The number of nitrogens with zero attached hydrogens (tertiary/aromatic N) is 2. The van der Waals surface area contributed by atoms with E-state index in [9.17, 15) is 10.1 Å². The van der Waals surface area contributed by atoms with Crippen molar-refractivity contribution in [3.05, 3.63) is 110 Å². The largest absolute Gasteiger partial charge is 0.497 e. The predicted molar refractivity (Wildman–Crippen MR) is 158 cm³/mol. The molecule has 5 rings (SSSR count). The zero-order chi connectivity index (χ0) is 28.6. The maximum atomic E-state index is 13.6. The van der Waals surface area contributed by atoms with Gasteiger partial charge >= 0.3 is 0 Å². The van der Waals surface area contributed by atoms with Gasteiger partial charge in [-0.05, 0) is 91.4 Å². The van der Waals surface area contributed by atoms with Crippen LogP contribution in [0.25, 0.3) is 0 Å². The van der Waals surface area contributed by atoms with Crippen molar-refractivity contribution in [1.29, 1.82) is 5.26 Å². The van der Waals surface area contributed by atoms with E-state index < -0.39 is 5.92 Å². The highest BCUT2D eigenvalue weighted by molar-refractivity contribution is 6.42. The van der Waals surface area contributed by atoms with Crippen molar-refractivity contribution in [1.82, 2.24) is 0 Å². The van der Waals surface area contributed by atoms with Crippen LogP contribution < -0.4 is 20.1 Å². The van der Waals surface area contributed by atoms with Gasteiger partial charge in [-0.25, -0.2) is 0 Å². The SMILES string of the molecule is COc1ccc(OCc2cc(C3C(C#N)=C(N)N(c4ccc(Cl)c(Cl)c4)C4=C3C(=O)CCC4)c(C)cc2C)cc1. The molecule has 0 amide bonds. The number of halogens is 2. The van der Waals surface area contributed by atoms with Gasteiger partial charge in [-0.3, -0.25) is 9.69 Å². The fraction of sp³-hybridized carbons (Fsp3) is 0.250. The van der Waals surface area contributed by atoms with E-state index in [2.05, 4.69) is 12.1 Å². The van der Waals surface area contributed by atoms with Gasteiger partial charge in [0.15, 0.2) is 5.78 Å². The molecule has 3 aromatic carbocycles. The lowest BCUT2D eigenvalue weighted by atomic mass is 9.74. The summed E-state index contributed by atoms with van der Waals surface area (Å²) in [6.45, 7) is 4.36. The first-order valence-electron chi connectivity index (χ1n) is 13.0. The fourth-order valence-corrected chi connectivity index (χ4v) is 5.82. The number of carbonyl (C=O) groups excluding carboxylic acids is 1. The lowest BCUT2D eigenvalue weighted by Gasteiger charge is -2.40. The van der Waals surface area contributed by atoms with Gasteiger partial charge in [0.25, 0.3) is 0 Å². The molecular weight excluding hydrogens is 545 g/mol. The van der Waals surface area contributed by atoms with Gasteiger partial charge < -0.3 is 15.2 Å². The Kier molecular flexibility index (Phi) is 7.80. The second kappa shape index (κ2) is 11.3. The van der Waals surface area contributed by atoms with Gasteiger partial charge in [-0.15, -0.1) is 0 Å². The third-order valence-corrected chi connectivity index (χ3v) is 8.30. The first-order valence-corrected chi connectivity index (χ1v) is 13.8. The van der Waals surface area contributed by atoms with Crippen molar-refractivity contribution in [2.45, 2.75) is 45.6 Å². The Balaban J connectivity index is 1.60. The van der Waals surface area contributed by atoms with Crippen molar-refractivity contribution in [3.8, 4) is 17.6 Å². The molecule has 1 unspecified atom stereocenters. The lowest BCUT2D eigenvalue weighted by molar-refractivity contribution is -0.116. The van der Waals surface area contributed by atoms with Crippen molar-refractivity contribution in [2.75, 3.05) is 12.0 Å². The van der Waals surface area contributed by atoms with E-state index in [-0.39, 0.29) is 11.6 Å². The Labute approximate surface area is 244 Å². The van der Waals surface area contributed by atoms with Crippen LogP contribution in [0.4, 0.5) is 5.69 Å². The molecule has 0 saturated heterocycles. The highest BCUT2D eigenvalue weighted by atomic mass is 35.5. The number of anilines is 1. The summed E-state index contributed by atoms with van der Waals surface area (Å²) in [5, 5.41) is 11.2. The van der Waals surface area contributed by atoms with Crippen molar-refractivity contribution < 1.29 is 14.3 Å². The second-order valence-electron chi connectivity index (χ2n) is 10.0. The Hall–Kier alpha value is -3.92. The molecule has 204 valence electrons. The molecule has 0 radical (unpaired) electrons. The van der Waals surface area contributed by atoms with Crippen LogP contribution in [0.5, 0.6) is 11.5 Å². The molecule has 0 saturated carbocycles. The standard InChI is InChI=1S/C32H29Cl2N3O3/c1-18-13-19(2)24(14-20(18)17-40-23-10-8-22(39-3)9-11-23)30-25(16-35)32(36)37(21-7-12-26(33)27(34)15-21)28-5-4-6-29(38)31(28)30/h7-15,30H,4-6,17,36H2,1-3H3. The number of benzene rings is 3. The fourth-order valence-electron chi connectivity index (χ4n) is 5.53. The quantitative estimate of drug-likeness (QED) is 0.328. The summed E-state index contributed by atoms with van der Waals surface area (Å²) < 4.78 is 11.3. The van der Waals surface area contributed by atoms with E-state index in [0.29, 0.717) is 58.5 Å². The number of rotatable bonds is 6. The van der Waals surface area contributed by atoms with E-state index in [0.717, 1.165) is 33.7 Å². The smallest absolute Gasteiger partial charge is 0.161 e. The molecule has 2 N–H and O–H groups in total. The average Bonchev–Trinajstić information content (AvgIpc) is 2.94. The Bertz CT molecular complexity index is 1600. The summed E-state index contributed by atoms with van der Waals surface area (Å²) in [7, 11) is 1.62. The molecule has 0 bridgehead atoms. The molecule has 6 nitrogen and oxygen atoms in total. The van der Waals surface area contributed by atoms with Gasteiger partial charge in [-0.1, -0.05) is 35.3 Å². The molecular formula is C32H29Cl2N3O3. The normalized spacial score (nSPS) is 17.1. The molecule has 8 heteroatoms. The van der Waals surface area contributed by atoms with Crippen molar-refractivity contribution in [2.24, 2.45) is 5.73 Å². The molecule has 3 aromatic rings. The molecule has 40 heavy (non-hydrogen) atoms. The molecule has 0 aromatic heterocycles. The minimum atomic E-state index is -0.577. The third kappa shape index (κ3) is 5.03. The van der Waals surface area contributed by atoms with Crippen LogP contribution in [0.15, 0.2) is 77.3 Å². The molecule has 1 aliphatic carbocycles. The van der Waals surface area contributed by atoms with Crippen LogP contribution in [0.1, 0.15) is 47.4 Å². The Morgan fingerprint density at radius 1 is 1.00 bits per heavy atom. The number of hydrogen-bond acceptors (Lipinski definition) is 6. The number of ether oxygens (including phenoxy) is 2. The summed E-state index contributed by atoms with van der Waals surface area (Å²) in [5.41, 5.74) is 13.0. The van der Waals surface area contributed by atoms with Gasteiger partial charge in [0.1, 0.15) is 23.9 Å². The zero-order valence-electron chi connectivity index (χ0n) is 22.6. The third-order valence-electron chi connectivity index (χ3n) is 7.56. The maximum Gasteiger partial charge on any atom is 0.161 e. The minimum absolute atomic E-state index is 0.0209. The van der Waals surface area contributed by atoms with E-state index in [1.165, 1.54) is 0 Å². The molecule has 1 atom stereocenters. The first-order chi connectivity index (χ1) is 19.2. The zero-order valence-corrected chi connectivity index (χ0v) is 24.1. The predicted octanol–water partition coefficient (Wildman–Crippen LogP) is 7.50. The molecule has 1 heterocycles. The number of Topliss-reactive ketones (excluding diaryl/α,β-unsaturated/α-hetero) is 1. The summed E-state index contributed by atoms with van der Waals surface area (Å²) in [6.07, 6.45) is 1.77. The number of allylic oxidation sites excluding steroid dienone is 3. The van der Waals surface area contributed by atoms with Gasteiger partial charge in [0, 0.05) is 23.4 Å². The number of nitrogens with two attached hydrogens (primary N) is 1. The number of carbonyl (C=O) groups is 1. The van der Waals surface area contributed by atoms with Crippen molar-refractivity contribution >= 4 is 34.7 Å². The van der Waals surface area contributed by atoms with Gasteiger partial charge in [0.05, 0.1) is 34.7 Å². The van der Waals surface area contributed by atoms with E-state index in [1.807, 2.05) is 44.2 Å². The highest BCUT2D eigenvalue weighted by Crippen LogP contribution is 2.47. The van der Waals surface area contributed by atoms with E-state index in [1.54, 1.807) is 30.2 Å². The summed E-state index contributed by atoms with van der Waals surface area (Å²) in [4.78, 5) is 15.4. The summed E-state index contributed by atoms with van der Waals surface area (Å²) in [6, 6.07) is 19.1. The minimum Gasteiger partial charge on any atom is -0.497 e. The Morgan fingerprint density at radius 2 is 1.73 bits per heavy atom. The number of methoxy groups -OCH3 is 1. The van der Waals surface area contributed by atoms with E-state index in [4.69, 9.17) is 38.4 Å². The topological polar surface area (TPSA) is 88.6 Å². The number of ketones is 1. The number of nitriles is 1. The summed E-state index contributed by atoms with van der Waals surface area (Å²) in [5.74, 6) is 1.20. The molecule has 0 fully saturated rings.